The van der Waals surface area contributed by atoms with Gasteiger partial charge in [0.15, 0.2) is 0 Å². The minimum absolute atomic E-state index is 0.0976. The highest BCUT2D eigenvalue weighted by Gasteiger charge is 2.44. The third kappa shape index (κ3) is 2.75. The highest BCUT2D eigenvalue weighted by molar-refractivity contribution is 5.93. The molecule has 3 aliphatic rings. The van der Waals surface area contributed by atoms with Crippen molar-refractivity contribution < 1.29 is 14.6 Å². The van der Waals surface area contributed by atoms with Crippen LogP contribution in [0.4, 0.5) is 0 Å². The number of H-pyrrole nitrogens is 1. The summed E-state index contributed by atoms with van der Waals surface area (Å²) < 4.78 is 5.86. The van der Waals surface area contributed by atoms with Crippen molar-refractivity contribution in [2.75, 3.05) is 19.7 Å². The van der Waals surface area contributed by atoms with Crippen LogP contribution in [-0.4, -0.2) is 57.3 Å². The van der Waals surface area contributed by atoms with E-state index in [1.807, 2.05) is 0 Å². The first-order chi connectivity index (χ1) is 11.6. The summed E-state index contributed by atoms with van der Waals surface area (Å²) in [6.45, 7) is 1.64. The van der Waals surface area contributed by atoms with Crippen molar-refractivity contribution in [2.24, 2.45) is 0 Å². The van der Waals surface area contributed by atoms with Gasteiger partial charge in [-0.25, -0.2) is 4.98 Å². The van der Waals surface area contributed by atoms with Gasteiger partial charge in [-0.2, -0.15) is 0 Å². The Kier molecular flexibility index (Phi) is 3.92. The maximum absolute atomic E-state index is 12.6. The molecule has 1 amide bonds. The zero-order chi connectivity index (χ0) is 16.7. The number of nitrogens with zero attached hydrogens (tertiary/aromatic N) is 2. The van der Waals surface area contributed by atoms with Crippen LogP contribution in [0.3, 0.4) is 0 Å². The number of aliphatic hydroxyl groups is 1. The average Bonchev–Trinajstić information content (AvgIpc) is 3.43. The summed E-state index contributed by atoms with van der Waals surface area (Å²) in [4.78, 5) is 33.5. The number of piperidine rings is 1. The van der Waals surface area contributed by atoms with Crippen LogP contribution in [0.2, 0.25) is 0 Å². The zero-order valence-corrected chi connectivity index (χ0v) is 13.7. The molecule has 1 spiro atoms. The molecule has 7 heteroatoms. The van der Waals surface area contributed by atoms with E-state index in [9.17, 15) is 14.7 Å². The lowest BCUT2D eigenvalue weighted by atomic mass is 9.82. The van der Waals surface area contributed by atoms with Crippen LogP contribution in [0.15, 0.2) is 11.0 Å². The molecule has 0 radical (unpaired) electrons. The molecular weight excluding hydrogens is 310 g/mol. The normalized spacial score (nSPS) is 26.5. The van der Waals surface area contributed by atoms with E-state index in [1.165, 1.54) is 6.20 Å². The van der Waals surface area contributed by atoms with Crippen molar-refractivity contribution in [3.63, 3.8) is 0 Å². The minimum atomic E-state index is -0.518. The van der Waals surface area contributed by atoms with E-state index in [2.05, 4.69) is 9.97 Å². The number of rotatable bonds is 2. The minimum Gasteiger partial charge on any atom is -0.390 e. The fourth-order valence-corrected chi connectivity index (χ4v) is 3.77. The Morgan fingerprint density at radius 1 is 1.33 bits per heavy atom. The molecule has 0 aromatic carbocycles. The summed E-state index contributed by atoms with van der Waals surface area (Å²) in [5.41, 5.74) is -0.776. The number of carbonyl (C=O) groups is 1. The molecule has 130 valence electrons. The second kappa shape index (κ2) is 5.97. The van der Waals surface area contributed by atoms with E-state index in [1.54, 1.807) is 4.90 Å². The van der Waals surface area contributed by atoms with Crippen molar-refractivity contribution in [1.29, 1.82) is 0 Å². The molecule has 2 aliphatic heterocycles. The van der Waals surface area contributed by atoms with Crippen LogP contribution in [0.1, 0.15) is 60.6 Å². The van der Waals surface area contributed by atoms with Crippen LogP contribution >= 0.6 is 0 Å². The summed E-state index contributed by atoms with van der Waals surface area (Å²) in [6.07, 6.45) is 5.87. The molecule has 7 nitrogen and oxygen atoms in total. The van der Waals surface area contributed by atoms with Gasteiger partial charge in [-0.05, 0) is 38.5 Å². The molecule has 0 bridgehead atoms. The van der Waals surface area contributed by atoms with Crippen LogP contribution in [0.5, 0.6) is 0 Å². The highest BCUT2D eigenvalue weighted by atomic mass is 16.5. The average molecular weight is 333 g/mol. The number of nitrogens with one attached hydrogen (secondary N) is 1. The number of hydrogen-bond donors (Lipinski definition) is 2. The van der Waals surface area contributed by atoms with Crippen molar-refractivity contribution in [3.05, 3.63) is 27.9 Å². The monoisotopic (exact) mass is 333 g/mol. The molecule has 1 atom stereocenters. The Morgan fingerprint density at radius 3 is 2.71 bits per heavy atom. The number of amides is 1. The number of aliphatic hydroxyl groups excluding tert-OH is 1. The van der Waals surface area contributed by atoms with Gasteiger partial charge >= 0.3 is 0 Å². The summed E-state index contributed by atoms with van der Waals surface area (Å²) in [5, 5.41) is 10.3. The van der Waals surface area contributed by atoms with Crippen LogP contribution < -0.4 is 5.56 Å². The first kappa shape index (κ1) is 15.8. The quantitative estimate of drug-likeness (QED) is 0.834. The van der Waals surface area contributed by atoms with E-state index in [-0.39, 0.29) is 17.0 Å². The van der Waals surface area contributed by atoms with Gasteiger partial charge < -0.3 is 19.7 Å². The molecule has 1 saturated carbocycles. The van der Waals surface area contributed by atoms with Crippen LogP contribution in [-0.2, 0) is 4.74 Å². The van der Waals surface area contributed by atoms with Gasteiger partial charge in [0.1, 0.15) is 11.4 Å². The summed E-state index contributed by atoms with van der Waals surface area (Å²) >= 11 is 0. The molecule has 24 heavy (non-hydrogen) atoms. The highest BCUT2D eigenvalue weighted by Crippen LogP contribution is 2.37. The van der Waals surface area contributed by atoms with E-state index in [4.69, 9.17) is 4.74 Å². The Labute approximate surface area is 140 Å². The van der Waals surface area contributed by atoms with Crippen LogP contribution in [0, 0.1) is 0 Å². The number of aromatic nitrogens is 2. The second-order valence-corrected chi connectivity index (χ2v) is 7.15. The molecule has 3 fully saturated rings. The van der Waals surface area contributed by atoms with Gasteiger partial charge in [0.2, 0.25) is 0 Å². The Morgan fingerprint density at radius 2 is 2.08 bits per heavy atom. The van der Waals surface area contributed by atoms with Crippen molar-refractivity contribution in [3.8, 4) is 0 Å². The number of likely N-dealkylation sites (tertiary alicyclic amines) is 1. The molecule has 0 unspecified atom stereocenters. The number of carbonyl (C=O) groups excluding carboxylic acids is 1. The molecule has 2 N–H and O–H groups in total. The zero-order valence-electron chi connectivity index (χ0n) is 13.7. The second-order valence-electron chi connectivity index (χ2n) is 7.15. The summed E-state index contributed by atoms with van der Waals surface area (Å²) in [5.74, 6) is 0.751. The first-order valence-electron chi connectivity index (χ1n) is 8.79. The fourth-order valence-electron chi connectivity index (χ4n) is 3.77. The molecule has 1 aromatic heterocycles. The Bertz CT molecular complexity index is 689. The lowest BCUT2D eigenvalue weighted by Crippen LogP contribution is -2.56. The van der Waals surface area contributed by atoms with Crippen molar-refractivity contribution in [2.45, 2.75) is 56.1 Å². The van der Waals surface area contributed by atoms with Gasteiger partial charge in [0.05, 0.1) is 11.7 Å². The van der Waals surface area contributed by atoms with Crippen molar-refractivity contribution >= 4 is 5.91 Å². The first-order valence-corrected chi connectivity index (χ1v) is 8.79. The third-order valence-electron chi connectivity index (χ3n) is 5.53. The molecule has 4 rings (SSSR count). The van der Waals surface area contributed by atoms with Gasteiger partial charge in [-0.1, -0.05) is 0 Å². The fraction of sp³-hybridized carbons (Fsp3) is 0.706. The van der Waals surface area contributed by atoms with Gasteiger partial charge in [0.25, 0.3) is 11.5 Å². The van der Waals surface area contributed by atoms with Crippen LogP contribution in [0.25, 0.3) is 0 Å². The number of hydrogen-bond acceptors (Lipinski definition) is 5. The smallest absolute Gasteiger partial charge is 0.263 e. The molecular formula is C17H23N3O4. The van der Waals surface area contributed by atoms with Gasteiger partial charge in [-0.3, -0.25) is 9.59 Å². The van der Waals surface area contributed by atoms with E-state index < -0.39 is 11.7 Å². The Balaban J connectivity index is 1.45. The summed E-state index contributed by atoms with van der Waals surface area (Å²) in [6, 6.07) is 0. The maximum Gasteiger partial charge on any atom is 0.263 e. The largest absolute Gasteiger partial charge is 0.390 e. The maximum atomic E-state index is 12.6. The number of aromatic amines is 1. The SMILES string of the molecule is O=C(c1cnc(C2CC2)[nH]c1=O)N1CCC2(CC1)OCCC[C@@H]2O. The molecule has 2 saturated heterocycles. The molecule has 1 aliphatic carbocycles. The number of ether oxygens (including phenoxy) is 1. The summed E-state index contributed by atoms with van der Waals surface area (Å²) in [7, 11) is 0. The van der Waals surface area contributed by atoms with Gasteiger partial charge in [0, 0.05) is 31.8 Å². The standard InChI is InChI=1S/C17H23N3O4/c21-13-2-1-9-24-17(13)5-7-20(8-6-17)16(23)12-10-18-14(11-3-4-11)19-15(12)22/h10-11,13,21H,1-9H2,(H,18,19,22)/t13-/m0/s1. The topological polar surface area (TPSA) is 95.5 Å². The lowest BCUT2D eigenvalue weighted by Gasteiger charge is -2.46. The van der Waals surface area contributed by atoms with Crippen molar-refractivity contribution in [1.82, 2.24) is 14.9 Å². The molecule has 3 heterocycles. The van der Waals surface area contributed by atoms with E-state index in [0.29, 0.717) is 44.3 Å². The lowest BCUT2D eigenvalue weighted by molar-refractivity contribution is -0.174. The van der Waals surface area contributed by atoms with E-state index in [0.717, 1.165) is 25.7 Å². The molecule has 1 aromatic rings. The van der Waals surface area contributed by atoms with Gasteiger partial charge in [-0.15, -0.1) is 0 Å². The third-order valence-corrected chi connectivity index (χ3v) is 5.53. The predicted octanol–water partition coefficient (Wildman–Crippen LogP) is 0.793. The van der Waals surface area contributed by atoms with E-state index >= 15 is 0 Å². The predicted molar refractivity (Wildman–Crippen MR) is 85.9 cm³/mol. The Hall–Kier alpha value is -1.73.